The summed E-state index contributed by atoms with van der Waals surface area (Å²) in [5.41, 5.74) is 0.952. The lowest BCUT2D eigenvalue weighted by atomic mass is 10.2. The minimum atomic E-state index is -0.841. The number of benzene rings is 1. The van der Waals surface area contributed by atoms with Crippen LogP contribution < -0.4 is 0 Å². The van der Waals surface area contributed by atoms with E-state index < -0.39 is 5.97 Å². The first-order valence-electron chi connectivity index (χ1n) is 7.51. The third kappa shape index (κ3) is 4.46. The molecule has 1 unspecified atom stereocenters. The monoisotopic (exact) mass is 306 g/mol. The molecular formula is C16H22N2O4. The molecule has 0 spiro atoms. The molecule has 2 rings (SSSR count). The van der Waals surface area contributed by atoms with Gasteiger partial charge in [0.25, 0.3) is 0 Å². The third-order valence-electron chi connectivity index (χ3n) is 3.89. The number of likely N-dealkylation sites (N-methyl/N-ethyl adjacent to an activating group) is 1. The first-order chi connectivity index (χ1) is 10.6. The molecular weight excluding hydrogens is 284 g/mol. The van der Waals surface area contributed by atoms with Gasteiger partial charge in [-0.1, -0.05) is 37.3 Å². The predicted octanol–water partition coefficient (Wildman–Crippen LogP) is 1.80. The number of likely N-dealkylation sites (tertiary alicyclic amines) is 1. The van der Waals surface area contributed by atoms with Crippen molar-refractivity contribution in [1.82, 2.24) is 9.80 Å². The first-order valence-corrected chi connectivity index (χ1v) is 7.51. The second-order valence-electron chi connectivity index (χ2n) is 5.39. The second-order valence-corrected chi connectivity index (χ2v) is 5.39. The van der Waals surface area contributed by atoms with Crippen molar-refractivity contribution in [1.29, 1.82) is 0 Å². The maximum Gasteiger partial charge on any atom is 0.410 e. The topological polar surface area (TPSA) is 70.1 Å². The summed E-state index contributed by atoms with van der Waals surface area (Å²) in [5.74, 6) is -0.841. The number of carbonyl (C=O) groups is 2. The molecule has 1 heterocycles. The van der Waals surface area contributed by atoms with Gasteiger partial charge in [-0.3, -0.25) is 9.69 Å². The maximum absolute atomic E-state index is 12.1. The molecule has 1 aromatic carbocycles. The Morgan fingerprint density at radius 2 is 2.09 bits per heavy atom. The molecule has 6 nitrogen and oxygen atoms in total. The fourth-order valence-corrected chi connectivity index (χ4v) is 2.69. The molecule has 1 N–H and O–H groups in total. The van der Waals surface area contributed by atoms with E-state index in [-0.39, 0.29) is 25.3 Å². The van der Waals surface area contributed by atoms with Crippen molar-refractivity contribution in [3.05, 3.63) is 35.9 Å². The third-order valence-corrected chi connectivity index (χ3v) is 3.89. The minimum absolute atomic E-state index is 0.00801. The lowest BCUT2D eigenvalue weighted by Crippen LogP contribution is -2.41. The van der Waals surface area contributed by atoms with E-state index in [9.17, 15) is 9.59 Å². The van der Waals surface area contributed by atoms with E-state index in [0.717, 1.165) is 12.0 Å². The van der Waals surface area contributed by atoms with E-state index in [1.165, 1.54) is 0 Å². The molecule has 1 fully saturated rings. The van der Waals surface area contributed by atoms with Crippen LogP contribution in [0.5, 0.6) is 0 Å². The van der Waals surface area contributed by atoms with Crippen LogP contribution in [-0.4, -0.2) is 59.2 Å². The number of aliphatic carboxylic acids is 1. The van der Waals surface area contributed by atoms with Crippen LogP contribution in [0.2, 0.25) is 0 Å². The average molecular weight is 306 g/mol. The number of ether oxygens (including phenoxy) is 1. The van der Waals surface area contributed by atoms with Gasteiger partial charge in [0, 0.05) is 19.1 Å². The zero-order chi connectivity index (χ0) is 15.9. The number of hydrogen-bond donors (Lipinski definition) is 1. The number of carboxylic acids is 1. The highest BCUT2D eigenvalue weighted by Gasteiger charge is 2.31. The van der Waals surface area contributed by atoms with Gasteiger partial charge in [-0.2, -0.15) is 0 Å². The smallest absolute Gasteiger partial charge is 0.410 e. The van der Waals surface area contributed by atoms with Gasteiger partial charge in [0.2, 0.25) is 0 Å². The van der Waals surface area contributed by atoms with E-state index in [0.29, 0.717) is 19.6 Å². The van der Waals surface area contributed by atoms with Crippen molar-refractivity contribution in [3.63, 3.8) is 0 Å². The molecule has 6 heteroatoms. The van der Waals surface area contributed by atoms with Crippen LogP contribution in [0.25, 0.3) is 0 Å². The summed E-state index contributed by atoms with van der Waals surface area (Å²) in [6, 6.07) is 9.63. The molecule has 22 heavy (non-hydrogen) atoms. The number of hydrogen-bond acceptors (Lipinski definition) is 4. The van der Waals surface area contributed by atoms with E-state index in [4.69, 9.17) is 9.84 Å². The Morgan fingerprint density at radius 3 is 2.73 bits per heavy atom. The molecule has 1 atom stereocenters. The van der Waals surface area contributed by atoms with Crippen molar-refractivity contribution in [2.75, 3.05) is 26.2 Å². The second kappa shape index (κ2) is 7.79. The largest absolute Gasteiger partial charge is 0.480 e. The SMILES string of the molecule is CCN(CC(=O)O)C1CCN(C(=O)OCc2ccccc2)C1. The Hall–Kier alpha value is -2.08. The van der Waals surface area contributed by atoms with E-state index in [2.05, 4.69) is 0 Å². The highest BCUT2D eigenvalue weighted by molar-refractivity contribution is 5.69. The lowest BCUT2D eigenvalue weighted by molar-refractivity contribution is -0.138. The molecule has 1 aliphatic heterocycles. The Bertz CT molecular complexity index is 506. The van der Waals surface area contributed by atoms with Gasteiger partial charge < -0.3 is 14.7 Å². The van der Waals surface area contributed by atoms with Crippen LogP contribution in [0.1, 0.15) is 18.9 Å². The fraction of sp³-hybridized carbons (Fsp3) is 0.500. The highest BCUT2D eigenvalue weighted by atomic mass is 16.6. The zero-order valence-corrected chi connectivity index (χ0v) is 12.8. The summed E-state index contributed by atoms with van der Waals surface area (Å²) in [4.78, 5) is 26.5. The minimum Gasteiger partial charge on any atom is -0.480 e. The van der Waals surface area contributed by atoms with E-state index in [1.807, 2.05) is 42.2 Å². The van der Waals surface area contributed by atoms with Gasteiger partial charge in [0.15, 0.2) is 0 Å². The number of carbonyl (C=O) groups excluding carboxylic acids is 1. The van der Waals surface area contributed by atoms with Crippen molar-refractivity contribution < 1.29 is 19.4 Å². The summed E-state index contributed by atoms with van der Waals surface area (Å²) in [6.07, 6.45) is 0.444. The van der Waals surface area contributed by atoms with Crippen molar-refractivity contribution in [2.24, 2.45) is 0 Å². The molecule has 1 aromatic rings. The van der Waals surface area contributed by atoms with Crippen LogP contribution in [0.3, 0.4) is 0 Å². The Balaban J connectivity index is 1.81. The zero-order valence-electron chi connectivity index (χ0n) is 12.8. The quantitative estimate of drug-likeness (QED) is 0.868. The molecule has 0 bridgehead atoms. The highest BCUT2D eigenvalue weighted by Crippen LogP contribution is 2.17. The van der Waals surface area contributed by atoms with Crippen LogP contribution in [0.15, 0.2) is 30.3 Å². The van der Waals surface area contributed by atoms with Gasteiger partial charge in [-0.25, -0.2) is 4.79 Å². The molecule has 0 radical (unpaired) electrons. The molecule has 1 saturated heterocycles. The number of carboxylic acid groups (broad SMARTS) is 1. The van der Waals surface area contributed by atoms with Crippen molar-refractivity contribution in [3.8, 4) is 0 Å². The molecule has 0 aromatic heterocycles. The van der Waals surface area contributed by atoms with Crippen LogP contribution in [0, 0.1) is 0 Å². The average Bonchev–Trinajstić information content (AvgIpc) is 3.01. The van der Waals surface area contributed by atoms with Gasteiger partial charge in [0.1, 0.15) is 6.61 Å². The molecule has 1 amide bonds. The Kier molecular flexibility index (Phi) is 5.77. The van der Waals surface area contributed by atoms with Gasteiger partial charge in [-0.15, -0.1) is 0 Å². The number of amides is 1. The normalized spacial score (nSPS) is 17.7. The molecule has 120 valence electrons. The van der Waals surface area contributed by atoms with Gasteiger partial charge >= 0.3 is 12.1 Å². The number of nitrogens with zero attached hydrogens (tertiary/aromatic N) is 2. The first kappa shape index (κ1) is 16.3. The summed E-state index contributed by atoms with van der Waals surface area (Å²) < 4.78 is 5.31. The summed E-state index contributed by atoms with van der Waals surface area (Å²) in [7, 11) is 0. The van der Waals surface area contributed by atoms with Crippen LogP contribution >= 0.6 is 0 Å². The van der Waals surface area contributed by atoms with Gasteiger partial charge in [0.05, 0.1) is 6.54 Å². The predicted molar refractivity (Wildman–Crippen MR) is 81.5 cm³/mol. The standard InChI is InChI=1S/C16H22N2O4/c1-2-17(11-15(19)20)14-8-9-18(10-14)16(21)22-12-13-6-4-3-5-7-13/h3-7,14H,2,8-12H2,1H3,(H,19,20). The molecule has 0 saturated carbocycles. The van der Waals surface area contributed by atoms with E-state index in [1.54, 1.807) is 4.90 Å². The molecule has 1 aliphatic rings. The maximum atomic E-state index is 12.1. The lowest BCUT2D eigenvalue weighted by Gasteiger charge is -2.25. The van der Waals surface area contributed by atoms with Gasteiger partial charge in [-0.05, 0) is 18.5 Å². The van der Waals surface area contributed by atoms with E-state index >= 15 is 0 Å². The summed E-state index contributed by atoms with van der Waals surface area (Å²) in [5, 5.41) is 8.91. The summed E-state index contributed by atoms with van der Waals surface area (Å²) >= 11 is 0. The van der Waals surface area contributed by atoms with Crippen LogP contribution in [-0.2, 0) is 16.1 Å². The van der Waals surface area contributed by atoms with Crippen molar-refractivity contribution in [2.45, 2.75) is 26.0 Å². The van der Waals surface area contributed by atoms with Crippen molar-refractivity contribution >= 4 is 12.1 Å². The molecule has 0 aliphatic carbocycles. The Morgan fingerprint density at radius 1 is 1.36 bits per heavy atom. The number of rotatable bonds is 6. The fourth-order valence-electron chi connectivity index (χ4n) is 2.69. The van der Waals surface area contributed by atoms with Crippen LogP contribution in [0.4, 0.5) is 4.79 Å². The summed E-state index contributed by atoms with van der Waals surface area (Å²) in [6.45, 7) is 3.98. The Labute approximate surface area is 130 Å².